The minimum atomic E-state index is 0.807. The van der Waals surface area contributed by atoms with Gasteiger partial charge in [0.1, 0.15) is 5.01 Å². The Balaban J connectivity index is 1.65. The first-order chi connectivity index (χ1) is 9.33. The van der Waals surface area contributed by atoms with Crippen molar-refractivity contribution in [2.75, 3.05) is 0 Å². The zero-order valence-electron chi connectivity index (χ0n) is 10.8. The van der Waals surface area contributed by atoms with Crippen LogP contribution in [0.4, 0.5) is 0 Å². The third-order valence-corrected chi connectivity index (χ3v) is 4.10. The number of hydrogen-bond donors (Lipinski definition) is 1. The quantitative estimate of drug-likeness (QED) is 0.789. The summed E-state index contributed by atoms with van der Waals surface area (Å²) in [5.74, 6) is 0. The smallest absolute Gasteiger partial charge is 0.108 e. The van der Waals surface area contributed by atoms with E-state index in [0.29, 0.717) is 0 Å². The highest BCUT2D eigenvalue weighted by Crippen LogP contribution is 2.21. The van der Waals surface area contributed by atoms with Crippen LogP contribution in [0.1, 0.15) is 16.1 Å². The van der Waals surface area contributed by atoms with Crippen molar-refractivity contribution in [1.29, 1.82) is 0 Å². The first-order valence-corrected chi connectivity index (χ1v) is 7.09. The zero-order valence-corrected chi connectivity index (χ0v) is 11.6. The number of aromatic nitrogens is 2. The first-order valence-electron chi connectivity index (χ1n) is 6.27. The van der Waals surface area contributed by atoms with Gasteiger partial charge in [0.15, 0.2) is 0 Å². The molecule has 0 saturated carbocycles. The van der Waals surface area contributed by atoms with Gasteiger partial charge in [0.05, 0.1) is 10.2 Å². The van der Waals surface area contributed by atoms with Crippen molar-refractivity contribution in [1.82, 2.24) is 15.3 Å². The molecule has 0 aliphatic heterocycles. The van der Waals surface area contributed by atoms with Crippen LogP contribution >= 0.6 is 11.3 Å². The molecule has 0 radical (unpaired) electrons. The molecule has 4 heteroatoms. The summed E-state index contributed by atoms with van der Waals surface area (Å²) in [7, 11) is 0. The molecule has 96 valence electrons. The third-order valence-electron chi connectivity index (χ3n) is 3.07. The number of aryl methyl sites for hydroxylation is 1. The van der Waals surface area contributed by atoms with Crippen molar-refractivity contribution in [3.05, 3.63) is 58.9 Å². The molecule has 0 aliphatic carbocycles. The molecule has 0 fully saturated rings. The highest BCUT2D eigenvalue weighted by atomic mass is 32.1. The van der Waals surface area contributed by atoms with Crippen LogP contribution in [0.15, 0.2) is 42.7 Å². The fraction of sp³-hybridized carbons (Fsp3) is 0.200. The molecule has 0 bridgehead atoms. The Labute approximate surface area is 116 Å². The van der Waals surface area contributed by atoms with E-state index in [9.17, 15) is 0 Å². The van der Waals surface area contributed by atoms with Crippen molar-refractivity contribution in [2.45, 2.75) is 20.0 Å². The van der Waals surface area contributed by atoms with E-state index in [0.717, 1.165) is 23.6 Å². The topological polar surface area (TPSA) is 37.8 Å². The lowest BCUT2D eigenvalue weighted by atomic mass is 10.1. The van der Waals surface area contributed by atoms with Gasteiger partial charge in [-0.15, -0.1) is 11.3 Å². The second-order valence-corrected chi connectivity index (χ2v) is 5.60. The lowest BCUT2D eigenvalue weighted by molar-refractivity contribution is 0.687. The number of benzene rings is 1. The lowest BCUT2D eigenvalue weighted by Gasteiger charge is -2.05. The van der Waals surface area contributed by atoms with Crippen LogP contribution in [0.2, 0.25) is 0 Å². The number of thiazole rings is 1. The minimum Gasteiger partial charge on any atom is -0.306 e. The minimum absolute atomic E-state index is 0.807. The highest BCUT2D eigenvalue weighted by Gasteiger charge is 2.03. The zero-order chi connectivity index (χ0) is 13.1. The number of para-hydroxylation sites is 1. The van der Waals surface area contributed by atoms with E-state index >= 15 is 0 Å². The molecule has 2 aromatic heterocycles. The normalized spacial score (nSPS) is 11.0. The van der Waals surface area contributed by atoms with E-state index in [1.165, 1.54) is 15.8 Å². The molecular weight excluding hydrogens is 254 g/mol. The molecule has 0 atom stereocenters. The van der Waals surface area contributed by atoms with Gasteiger partial charge in [0.2, 0.25) is 0 Å². The van der Waals surface area contributed by atoms with Crippen LogP contribution in [0.5, 0.6) is 0 Å². The SMILES string of the molecule is Cc1cnccc1CNCc1nc2ccccc2s1. The van der Waals surface area contributed by atoms with E-state index < -0.39 is 0 Å². The molecule has 1 aromatic carbocycles. The average Bonchev–Trinajstić information content (AvgIpc) is 2.83. The fourth-order valence-electron chi connectivity index (χ4n) is 2.00. The summed E-state index contributed by atoms with van der Waals surface area (Å²) in [6, 6.07) is 10.3. The van der Waals surface area contributed by atoms with Gasteiger partial charge in [-0.05, 0) is 36.2 Å². The summed E-state index contributed by atoms with van der Waals surface area (Å²) in [6.45, 7) is 3.74. The molecule has 0 aliphatic rings. The monoisotopic (exact) mass is 269 g/mol. The number of fused-ring (bicyclic) bond motifs is 1. The standard InChI is InChI=1S/C15H15N3S/c1-11-8-16-7-6-12(11)9-17-10-15-18-13-4-2-3-5-14(13)19-15/h2-8,17H,9-10H2,1H3. The average molecular weight is 269 g/mol. The molecule has 0 spiro atoms. The Kier molecular flexibility index (Phi) is 3.53. The highest BCUT2D eigenvalue weighted by molar-refractivity contribution is 7.18. The van der Waals surface area contributed by atoms with E-state index in [1.807, 2.05) is 18.5 Å². The van der Waals surface area contributed by atoms with Crippen molar-refractivity contribution in [2.24, 2.45) is 0 Å². The van der Waals surface area contributed by atoms with Gasteiger partial charge in [-0.1, -0.05) is 12.1 Å². The third kappa shape index (κ3) is 2.80. The number of hydrogen-bond acceptors (Lipinski definition) is 4. The predicted molar refractivity (Wildman–Crippen MR) is 79.1 cm³/mol. The lowest BCUT2D eigenvalue weighted by Crippen LogP contribution is -2.13. The van der Waals surface area contributed by atoms with Crippen LogP contribution in [0.3, 0.4) is 0 Å². The number of rotatable bonds is 4. The molecule has 1 N–H and O–H groups in total. The van der Waals surface area contributed by atoms with Gasteiger partial charge in [0, 0.05) is 25.5 Å². The maximum absolute atomic E-state index is 4.61. The van der Waals surface area contributed by atoms with Gasteiger partial charge in [-0.2, -0.15) is 0 Å². The number of nitrogens with zero attached hydrogens (tertiary/aromatic N) is 2. The van der Waals surface area contributed by atoms with Crippen LogP contribution < -0.4 is 5.32 Å². The molecular formula is C15H15N3S. The molecule has 0 amide bonds. The van der Waals surface area contributed by atoms with Gasteiger partial charge in [-0.25, -0.2) is 4.98 Å². The molecule has 0 saturated heterocycles. The first kappa shape index (κ1) is 12.3. The Morgan fingerprint density at radius 2 is 2.05 bits per heavy atom. The molecule has 3 rings (SSSR count). The Bertz CT molecular complexity index is 657. The molecule has 3 nitrogen and oxygen atoms in total. The van der Waals surface area contributed by atoms with Gasteiger partial charge in [0.25, 0.3) is 0 Å². The van der Waals surface area contributed by atoms with Crippen LogP contribution in [-0.2, 0) is 13.1 Å². The molecule has 19 heavy (non-hydrogen) atoms. The van der Waals surface area contributed by atoms with Gasteiger partial charge in [-0.3, -0.25) is 4.98 Å². The summed E-state index contributed by atoms with van der Waals surface area (Å²) < 4.78 is 1.25. The fourth-order valence-corrected chi connectivity index (χ4v) is 2.94. The predicted octanol–water partition coefficient (Wildman–Crippen LogP) is 3.29. The maximum atomic E-state index is 4.61. The van der Waals surface area contributed by atoms with Gasteiger partial charge < -0.3 is 5.32 Å². The second kappa shape index (κ2) is 5.47. The largest absolute Gasteiger partial charge is 0.306 e. The van der Waals surface area contributed by atoms with E-state index in [1.54, 1.807) is 11.3 Å². The van der Waals surface area contributed by atoms with Crippen molar-refractivity contribution < 1.29 is 0 Å². The van der Waals surface area contributed by atoms with Crippen molar-refractivity contribution >= 4 is 21.6 Å². The number of pyridine rings is 1. The summed E-state index contributed by atoms with van der Waals surface area (Å²) >= 11 is 1.75. The maximum Gasteiger partial charge on any atom is 0.108 e. The van der Waals surface area contributed by atoms with Crippen LogP contribution in [-0.4, -0.2) is 9.97 Å². The van der Waals surface area contributed by atoms with Crippen LogP contribution in [0.25, 0.3) is 10.2 Å². The second-order valence-electron chi connectivity index (χ2n) is 4.48. The Hall–Kier alpha value is -1.78. The van der Waals surface area contributed by atoms with Crippen molar-refractivity contribution in [3.63, 3.8) is 0 Å². The Morgan fingerprint density at radius 3 is 2.89 bits per heavy atom. The summed E-state index contributed by atoms with van der Waals surface area (Å²) in [5.41, 5.74) is 3.60. The van der Waals surface area contributed by atoms with E-state index in [-0.39, 0.29) is 0 Å². The Morgan fingerprint density at radius 1 is 1.16 bits per heavy atom. The summed E-state index contributed by atoms with van der Waals surface area (Å²) in [6.07, 6.45) is 3.73. The molecule has 0 unspecified atom stereocenters. The van der Waals surface area contributed by atoms with Crippen molar-refractivity contribution in [3.8, 4) is 0 Å². The summed E-state index contributed by atoms with van der Waals surface area (Å²) in [4.78, 5) is 8.71. The summed E-state index contributed by atoms with van der Waals surface area (Å²) in [5, 5.41) is 4.57. The molecule has 2 heterocycles. The van der Waals surface area contributed by atoms with Gasteiger partial charge >= 0.3 is 0 Å². The van der Waals surface area contributed by atoms with E-state index in [2.05, 4.69) is 46.5 Å². The molecule has 3 aromatic rings. The van der Waals surface area contributed by atoms with Crippen LogP contribution in [0, 0.1) is 6.92 Å². The van der Waals surface area contributed by atoms with E-state index in [4.69, 9.17) is 0 Å². The number of nitrogens with one attached hydrogen (secondary N) is 1.